The minimum absolute atomic E-state index is 0.243. The number of amides is 1. The van der Waals surface area contributed by atoms with Gasteiger partial charge in [-0.05, 0) is 12.0 Å². The second-order valence-electron chi connectivity index (χ2n) is 3.51. The van der Waals surface area contributed by atoms with Crippen LogP contribution >= 0.6 is 0 Å². The Hall–Kier alpha value is -1.84. The molecule has 1 aromatic rings. The van der Waals surface area contributed by atoms with Gasteiger partial charge in [0.1, 0.15) is 6.29 Å². The molecule has 0 bridgehead atoms. The van der Waals surface area contributed by atoms with Gasteiger partial charge in [0.25, 0.3) is 0 Å². The largest absolute Gasteiger partial charge is 0.465 e. The summed E-state index contributed by atoms with van der Waals surface area (Å²) in [5.41, 5.74) is 0.880. The van der Waals surface area contributed by atoms with Crippen molar-refractivity contribution in [1.82, 2.24) is 4.90 Å². The second kappa shape index (κ2) is 5.90. The minimum Gasteiger partial charge on any atom is -0.465 e. The van der Waals surface area contributed by atoms with E-state index in [1.165, 1.54) is 0 Å². The summed E-state index contributed by atoms with van der Waals surface area (Å²) in [4.78, 5) is 23.0. The fourth-order valence-electron chi connectivity index (χ4n) is 1.50. The van der Waals surface area contributed by atoms with E-state index in [0.717, 1.165) is 10.5 Å². The lowest BCUT2D eigenvalue weighted by Crippen LogP contribution is -2.39. The molecule has 0 aromatic heterocycles. The average molecular weight is 221 g/mol. The molecule has 4 nitrogen and oxygen atoms in total. The molecule has 0 saturated carbocycles. The Morgan fingerprint density at radius 3 is 2.50 bits per heavy atom. The first-order valence-electron chi connectivity index (χ1n) is 5.17. The third kappa shape index (κ3) is 3.08. The first-order valence-corrected chi connectivity index (χ1v) is 5.17. The van der Waals surface area contributed by atoms with Gasteiger partial charge in [-0.15, -0.1) is 0 Å². The second-order valence-corrected chi connectivity index (χ2v) is 3.51. The highest BCUT2D eigenvalue weighted by molar-refractivity contribution is 5.71. The first-order chi connectivity index (χ1) is 7.69. The molecule has 1 amide bonds. The molecular formula is C12H15NO3. The third-order valence-electron chi connectivity index (χ3n) is 2.42. The molecule has 1 atom stereocenters. The fourth-order valence-corrected chi connectivity index (χ4v) is 1.50. The molecule has 1 N–H and O–H groups in total. The lowest BCUT2D eigenvalue weighted by Gasteiger charge is -2.24. The Bertz CT molecular complexity index is 351. The average Bonchev–Trinajstić information content (AvgIpc) is 2.30. The lowest BCUT2D eigenvalue weighted by molar-refractivity contribution is -0.112. The van der Waals surface area contributed by atoms with Crippen LogP contribution in [-0.4, -0.2) is 28.4 Å². The van der Waals surface area contributed by atoms with Gasteiger partial charge in [0.05, 0.1) is 6.04 Å². The standard InChI is InChI=1S/C12H15NO3/c1-2-11(9-14)13(12(15)16)8-10-6-4-3-5-7-10/h3-7,9,11H,2,8H2,1H3,(H,15,16)/t11-/m0/s1. The molecule has 4 heteroatoms. The number of benzene rings is 1. The van der Waals surface area contributed by atoms with Crippen molar-refractivity contribution < 1.29 is 14.7 Å². The third-order valence-corrected chi connectivity index (χ3v) is 2.42. The molecule has 0 saturated heterocycles. The first kappa shape index (κ1) is 12.2. The number of carbonyl (C=O) groups excluding carboxylic acids is 1. The molecule has 86 valence electrons. The smallest absolute Gasteiger partial charge is 0.408 e. The van der Waals surface area contributed by atoms with Crippen LogP contribution in [0, 0.1) is 0 Å². The van der Waals surface area contributed by atoms with E-state index in [1.54, 1.807) is 6.92 Å². The van der Waals surface area contributed by atoms with E-state index in [4.69, 9.17) is 5.11 Å². The topological polar surface area (TPSA) is 57.6 Å². The summed E-state index contributed by atoms with van der Waals surface area (Å²) in [6.45, 7) is 2.04. The van der Waals surface area contributed by atoms with Gasteiger partial charge >= 0.3 is 6.09 Å². The molecular weight excluding hydrogens is 206 g/mol. The number of hydrogen-bond acceptors (Lipinski definition) is 2. The van der Waals surface area contributed by atoms with Crippen LogP contribution in [0.1, 0.15) is 18.9 Å². The van der Waals surface area contributed by atoms with Crippen molar-refractivity contribution in [2.24, 2.45) is 0 Å². The van der Waals surface area contributed by atoms with Crippen LogP contribution < -0.4 is 0 Å². The summed E-state index contributed by atoms with van der Waals surface area (Å²) in [6.07, 6.45) is 0.0995. The summed E-state index contributed by atoms with van der Waals surface area (Å²) in [5.74, 6) is 0. The van der Waals surface area contributed by atoms with Gasteiger partial charge < -0.3 is 9.90 Å². The maximum Gasteiger partial charge on any atom is 0.408 e. The zero-order valence-electron chi connectivity index (χ0n) is 9.17. The summed E-state index contributed by atoms with van der Waals surface area (Å²) >= 11 is 0. The summed E-state index contributed by atoms with van der Waals surface area (Å²) < 4.78 is 0. The molecule has 1 aromatic carbocycles. The van der Waals surface area contributed by atoms with Gasteiger partial charge in [0.15, 0.2) is 0 Å². The van der Waals surface area contributed by atoms with E-state index in [-0.39, 0.29) is 6.54 Å². The van der Waals surface area contributed by atoms with Crippen LogP contribution in [0.4, 0.5) is 4.79 Å². The molecule has 0 fully saturated rings. The molecule has 0 spiro atoms. The van der Waals surface area contributed by atoms with Crippen LogP contribution in [-0.2, 0) is 11.3 Å². The monoisotopic (exact) mass is 221 g/mol. The van der Waals surface area contributed by atoms with Gasteiger partial charge in [-0.3, -0.25) is 4.90 Å². The van der Waals surface area contributed by atoms with Crippen LogP contribution in [0.5, 0.6) is 0 Å². The molecule has 0 aliphatic heterocycles. The van der Waals surface area contributed by atoms with Crippen molar-refractivity contribution >= 4 is 12.4 Å². The van der Waals surface area contributed by atoms with Crippen molar-refractivity contribution in [3.8, 4) is 0 Å². The molecule has 1 rings (SSSR count). The van der Waals surface area contributed by atoms with E-state index >= 15 is 0 Å². The normalized spacial score (nSPS) is 11.8. The predicted octanol–water partition coefficient (Wildman–Crippen LogP) is 2.14. The van der Waals surface area contributed by atoms with E-state index in [9.17, 15) is 9.59 Å². The van der Waals surface area contributed by atoms with E-state index in [1.807, 2.05) is 30.3 Å². The van der Waals surface area contributed by atoms with Crippen LogP contribution in [0.2, 0.25) is 0 Å². The van der Waals surface area contributed by atoms with Gasteiger partial charge in [0, 0.05) is 6.54 Å². The van der Waals surface area contributed by atoms with E-state index < -0.39 is 12.1 Å². The number of aldehydes is 1. The molecule has 0 aliphatic rings. The van der Waals surface area contributed by atoms with E-state index in [0.29, 0.717) is 12.7 Å². The number of nitrogens with zero attached hydrogens (tertiary/aromatic N) is 1. The number of hydrogen-bond donors (Lipinski definition) is 1. The quantitative estimate of drug-likeness (QED) is 0.775. The molecule has 0 unspecified atom stereocenters. The summed E-state index contributed by atoms with van der Waals surface area (Å²) in [5, 5.41) is 9.03. The highest BCUT2D eigenvalue weighted by atomic mass is 16.4. The van der Waals surface area contributed by atoms with Gasteiger partial charge in [0.2, 0.25) is 0 Å². The number of carbonyl (C=O) groups is 2. The molecule has 0 aliphatic carbocycles. The van der Waals surface area contributed by atoms with Gasteiger partial charge in [-0.25, -0.2) is 4.79 Å². The Kier molecular flexibility index (Phi) is 4.51. The maximum atomic E-state index is 11.0. The van der Waals surface area contributed by atoms with Gasteiger partial charge in [-0.2, -0.15) is 0 Å². The SMILES string of the molecule is CC[C@@H](C=O)N(Cc1ccccc1)C(=O)O. The van der Waals surface area contributed by atoms with Gasteiger partial charge in [-0.1, -0.05) is 37.3 Å². The van der Waals surface area contributed by atoms with E-state index in [2.05, 4.69) is 0 Å². The Labute approximate surface area is 94.5 Å². The zero-order chi connectivity index (χ0) is 12.0. The highest BCUT2D eigenvalue weighted by Gasteiger charge is 2.21. The zero-order valence-corrected chi connectivity index (χ0v) is 9.17. The summed E-state index contributed by atoms with van der Waals surface area (Å²) in [7, 11) is 0. The number of rotatable bonds is 5. The van der Waals surface area contributed by atoms with Crippen molar-refractivity contribution in [2.75, 3.05) is 0 Å². The lowest BCUT2D eigenvalue weighted by atomic mass is 10.1. The van der Waals surface area contributed by atoms with Crippen molar-refractivity contribution in [3.05, 3.63) is 35.9 Å². The van der Waals surface area contributed by atoms with Crippen molar-refractivity contribution in [2.45, 2.75) is 25.9 Å². The number of carboxylic acid groups (broad SMARTS) is 1. The maximum absolute atomic E-state index is 11.0. The van der Waals surface area contributed by atoms with Crippen molar-refractivity contribution in [1.29, 1.82) is 0 Å². The van der Waals surface area contributed by atoms with Crippen molar-refractivity contribution in [3.63, 3.8) is 0 Å². The fraction of sp³-hybridized carbons (Fsp3) is 0.333. The highest BCUT2D eigenvalue weighted by Crippen LogP contribution is 2.09. The molecule has 0 heterocycles. The van der Waals surface area contributed by atoms with Crippen LogP contribution in [0.3, 0.4) is 0 Å². The Morgan fingerprint density at radius 2 is 2.06 bits per heavy atom. The molecule has 16 heavy (non-hydrogen) atoms. The Morgan fingerprint density at radius 1 is 1.44 bits per heavy atom. The van der Waals surface area contributed by atoms with Crippen LogP contribution in [0.25, 0.3) is 0 Å². The van der Waals surface area contributed by atoms with Crippen LogP contribution in [0.15, 0.2) is 30.3 Å². The Balaban J connectivity index is 2.80. The predicted molar refractivity (Wildman–Crippen MR) is 60.2 cm³/mol. The summed E-state index contributed by atoms with van der Waals surface area (Å²) in [6, 6.07) is 8.67. The molecule has 0 radical (unpaired) electrons. The minimum atomic E-state index is -1.07.